The lowest BCUT2D eigenvalue weighted by Crippen LogP contribution is -2.15. The second-order valence-corrected chi connectivity index (χ2v) is 4.01. The van der Waals surface area contributed by atoms with Gasteiger partial charge < -0.3 is 9.79 Å². The van der Waals surface area contributed by atoms with Crippen molar-refractivity contribution in [2.75, 3.05) is 0 Å². The molecule has 50 valence electrons. The number of hydrogen-bond donors (Lipinski definition) is 3. The Morgan fingerprint density at radius 1 is 1.75 bits per heavy atom. The lowest BCUT2D eigenvalue weighted by atomic mass is 10.8. The van der Waals surface area contributed by atoms with Crippen LogP contribution in [0.4, 0.5) is 0 Å². The second-order valence-electron chi connectivity index (χ2n) is 1.29. The van der Waals surface area contributed by atoms with E-state index in [0.717, 1.165) is 0 Å². The van der Waals surface area contributed by atoms with Crippen molar-refractivity contribution in [2.24, 2.45) is 0 Å². The third-order valence-electron chi connectivity index (χ3n) is 0.346. The molecule has 4 nitrogen and oxygen atoms in total. The summed E-state index contributed by atoms with van der Waals surface area (Å²) in [6, 6.07) is 0. The van der Waals surface area contributed by atoms with Crippen LogP contribution in [0.5, 0.6) is 0 Å². The molecule has 0 heterocycles. The fraction of sp³-hybridized carbons (Fsp3) is 1.00. The van der Waals surface area contributed by atoms with Crippen molar-refractivity contribution in [3.8, 4) is 0 Å². The quantitative estimate of drug-likeness (QED) is 0.346. The van der Waals surface area contributed by atoms with Gasteiger partial charge in [-0.3, -0.25) is 0 Å². The summed E-state index contributed by atoms with van der Waals surface area (Å²) in [6.07, 6.45) is 0. The van der Waals surface area contributed by atoms with E-state index in [0.29, 0.717) is 0 Å². The molecule has 3 N–H and O–H groups in total. The first-order valence-corrected chi connectivity index (χ1v) is 4.42. The SMILES string of the molecule is CC(Br)NP(=O)(O)O. The maximum Gasteiger partial charge on any atom is 0.401 e. The minimum absolute atomic E-state index is 0.358. The van der Waals surface area contributed by atoms with Crippen molar-refractivity contribution in [3.05, 3.63) is 0 Å². The Bertz CT molecular complexity index is 110. The molecule has 0 saturated carbocycles. The number of nitrogens with one attached hydrogen (secondary N) is 1. The van der Waals surface area contributed by atoms with Gasteiger partial charge in [-0.15, -0.1) is 0 Å². The molecule has 0 fully saturated rings. The second kappa shape index (κ2) is 2.94. The summed E-state index contributed by atoms with van der Waals surface area (Å²) < 4.78 is 10.00. The Balaban J connectivity index is 3.56. The van der Waals surface area contributed by atoms with E-state index in [1.165, 1.54) is 0 Å². The zero-order chi connectivity index (χ0) is 6.78. The maximum absolute atomic E-state index is 10.00. The molecule has 0 saturated heterocycles. The van der Waals surface area contributed by atoms with Gasteiger partial charge in [-0.25, -0.2) is 9.65 Å². The van der Waals surface area contributed by atoms with Gasteiger partial charge in [-0.1, -0.05) is 15.9 Å². The summed E-state index contributed by atoms with van der Waals surface area (Å²) in [5.74, 6) is 0. The van der Waals surface area contributed by atoms with E-state index in [1.807, 2.05) is 5.09 Å². The highest BCUT2D eigenvalue weighted by Gasteiger charge is 2.13. The van der Waals surface area contributed by atoms with Crippen LogP contribution in [0.3, 0.4) is 0 Å². The van der Waals surface area contributed by atoms with Crippen LogP contribution in [0.15, 0.2) is 0 Å². The van der Waals surface area contributed by atoms with Crippen LogP contribution < -0.4 is 5.09 Å². The van der Waals surface area contributed by atoms with Crippen molar-refractivity contribution >= 4 is 23.7 Å². The van der Waals surface area contributed by atoms with Gasteiger partial charge in [0, 0.05) is 0 Å². The predicted molar refractivity (Wildman–Crippen MR) is 33.6 cm³/mol. The summed E-state index contributed by atoms with van der Waals surface area (Å²) in [4.78, 5) is 16.0. The number of rotatable bonds is 2. The minimum atomic E-state index is -4.02. The van der Waals surface area contributed by atoms with Gasteiger partial charge >= 0.3 is 7.75 Å². The van der Waals surface area contributed by atoms with Crippen molar-refractivity contribution in [2.45, 2.75) is 11.9 Å². The molecular weight excluding hydrogens is 197 g/mol. The number of hydrogen-bond acceptors (Lipinski definition) is 1. The Morgan fingerprint density at radius 3 is 2.12 bits per heavy atom. The highest BCUT2D eigenvalue weighted by atomic mass is 79.9. The molecule has 0 aliphatic rings. The summed E-state index contributed by atoms with van der Waals surface area (Å²) in [7, 11) is -4.02. The van der Waals surface area contributed by atoms with Gasteiger partial charge in [0.15, 0.2) is 0 Å². The molecule has 0 aromatic rings. The molecule has 0 rings (SSSR count). The molecule has 8 heavy (non-hydrogen) atoms. The Hall–Kier alpha value is 0.590. The predicted octanol–water partition coefficient (Wildman–Crippen LogP) is 0.410. The summed E-state index contributed by atoms with van der Waals surface area (Å²) in [5.41, 5.74) is 0. The van der Waals surface area contributed by atoms with Crippen LogP contribution in [0, 0.1) is 0 Å². The molecule has 0 aliphatic heterocycles. The largest absolute Gasteiger partial charge is 0.401 e. The van der Waals surface area contributed by atoms with Crippen molar-refractivity contribution in [3.63, 3.8) is 0 Å². The van der Waals surface area contributed by atoms with E-state index >= 15 is 0 Å². The van der Waals surface area contributed by atoms with Crippen LogP contribution in [0.25, 0.3) is 0 Å². The number of alkyl halides is 1. The minimum Gasteiger partial charge on any atom is -0.313 e. The van der Waals surface area contributed by atoms with E-state index in [1.54, 1.807) is 6.92 Å². The molecule has 0 spiro atoms. The van der Waals surface area contributed by atoms with E-state index in [9.17, 15) is 4.57 Å². The third-order valence-corrected chi connectivity index (χ3v) is 1.65. The average Bonchev–Trinajstić information content (AvgIpc) is 1.21. The van der Waals surface area contributed by atoms with Crippen molar-refractivity contribution < 1.29 is 14.4 Å². The summed E-state index contributed by atoms with van der Waals surface area (Å²) >= 11 is 2.91. The first-order chi connectivity index (χ1) is 3.42. The first kappa shape index (κ1) is 8.59. The molecule has 1 unspecified atom stereocenters. The number of halogens is 1. The van der Waals surface area contributed by atoms with Crippen LogP contribution in [0.2, 0.25) is 0 Å². The van der Waals surface area contributed by atoms with Crippen LogP contribution >= 0.6 is 23.7 Å². The van der Waals surface area contributed by atoms with Gasteiger partial charge in [0.2, 0.25) is 0 Å². The van der Waals surface area contributed by atoms with Gasteiger partial charge in [-0.2, -0.15) is 0 Å². The average molecular weight is 204 g/mol. The van der Waals surface area contributed by atoms with Crippen molar-refractivity contribution in [1.82, 2.24) is 5.09 Å². The fourth-order valence-electron chi connectivity index (χ4n) is 0.232. The van der Waals surface area contributed by atoms with Gasteiger partial charge in [-0.05, 0) is 6.92 Å². The van der Waals surface area contributed by atoms with Gasteiger partial charge in [0.25, 0.3) is 0 Å². The Labute approximate surface area is 55.6 Å². The monoisotopic (exact) mass is 203 g/mol. The first-order valence-electron chi connectivity index (χ1n) is 1.89. The lowest BCUT2D eigenvalue weighted by molar-refractivity contribution is 0.357. The zero-order valence-electron chi connectivity index (χ0n) is 4.21. The molecule has 6 heteroatoms. The highest BCUT2D eigenvalue weighted by molar-refractivity contribution is 9.09. The molecular formula is C2H7BrNO3P. The van der Waals surface area contributed by atoms with E-state index in [2.05, 4.69) is 15.9 Å². The van der Waals surface area contributed by atoms with E-state index in [4.69, 9.17) is 9.79 Å². The topological polar surface area (TPSA) is 69.6 Å². The van der Waals surface area contributed by atoms with Crippen LogP contribution in [-0.2, 0) is 4.57 Å². The molecule has 0 radical (unpaired) electrons. The van der Waals surface area contributed by atoms with Gasteiger partial charge in [0.1, 0.15) is 0 Å². The van der Waals surface area contributed by atoms with E-state index < -0.39 is 7.75 Å². The molecule has 0 aromatic heterocycles. The van der Waals surface area contributed by atoms with Crippen LogP contribution in [-0.4, -0.2) is 14.7 Å². The van der Waals surface area contributed by atoms with Gasteiger partial charge in [0.05, 0.1) is 4.95 Å². The maximum atomic E-state index is 10.00. The molecule has 0 amide bonds. The summed E-state index contributed by atoms with van der Waals surface area (Å²) in [5, 5.41) is 1.97. The van der Waals surface area contributed by atoms with E-state index in [-0.39, 0.29) is 4.95 Å². The fourth-order valence-corrected chi connectivity index (χ4v) is 1.50. The lowest BCUT2D eigenvalue weighted by Gasteiger charge is -2.06. The third kappa shape index (κ3) is 6.59. The Kier molecular flexibility index (Phi) is 3.16. The highest BCUT2D eigenvalue weighted by Crippen LogP contribution is 2.29. The Morgan fingerprint density at radius 2 is 2.12 bits per heavy atom. The molecule has 0 bridgehead atoms. The standard InChI is InChI=1S/C2H7BrNO3P/c1-2(3)4-8(5,6)7/h2H,1H3,(H3,4,5,6,7). The molecule has 1 atom stereocenters. The zero-order valence-corrected chi connectivity index (χ0v) is 6.69. The smallest absolute Gasteiger partial charge is 0.313 e. The summed E-state index contributed by atoms with van der Waals surface area (Å²) in [6.45, 7) is 1.58. The van der Waals surface area contributed by atoms with Crippen LogP contribution in [0.1, 0.15) is 6.92 Å². The molecule has 0 aromatic carbocycles. The molecule has 0 aliphatic carbocycles. The normalized spacial score (nSPS) is 16.0. The van der Waals surface area contributed by atoms with Crippen molar-refractivity contribution in [1.29, 1.82) is 0 Å².